The van der Waals surface area contributed by atoms with E-state index < -0.39 is 0 Å². The lowest BCUT2D eigenvalue weighted by atomic mass is 10.0. The minimum atomic E-state index is -0.338. The van der Waals surface area contributed by atoms with Crippen LogP contribution in [0.4, 0.5) is 14.9 Å². The van der Waals surface area contributed by atoms with Gasteiger partial charge in [0, 0.05) is 29.7 Å². The Balaban J connectivity index is 1.34. The number of anilines is 1. The van der Waals surface area contributed by atoms with Crippen LogP contribution < -0.4 is 5.32 Å². The van der Waals surface area contributed by atoms with E-state index in [0.29, 0.717) is 30.5 Å². The Morgan fingerprint density at radius 2 is 2.08 bits per heavy atom. The highest BCUT2D eigenvalue weighted by Crippen LogP contribution is 2.28. The topological polar surface area (TPSA) is 71.3 Å². The molecule has 122 valence electrons. The van der Waals surface area contributed by atoms with Crippen molar-refractivity contribution in [3.8, 4) is 11.4 Å². The first-order valence-corrected chi connectivity index (χ1v) is 8.31. The van der Waals surface area contributed by atoms with Gasteiger partial charge in [-0.1, -0.05) is 5.16 Å². The average molecular weight is 344 g/mol. The molecule has 0 bridgehead atoms. The van der Waals surface area contributed by atoms with Gasteiger partial charge in [-0.05, 0) is 35.7 Å². The summed E-state index contributed by atoms with van der Waals surface area (Å²) in [5.74, 6) is 0.821. The molecule has 4 rings (SSSR count). The van der Waals surface area contributed by atoms with Crippen molar-refractivity contribution in [1.82, 2.24) is 15.0 Å². The maximum atomic E-state index is 12.9. The fourth-order valence-electron chi connectivity index (χ4n) is 2.45. The van der Waals surface area contributed by atoms with Gasteiger partial charge in [0.1, 0.15) is 5.82 Å². The number of aromatic nitrogens is 2. The molecule has 0 atom stereocenters. The number of nitrogens with one attached hydrogen (secondary N) is 1. The standard InChI is InChI=1S/C16H13FN4O2S/c17-12-1-3-13(4-2-12)18-16(22)21-7-11(8-21)15-19-14(20-23-15)10-5-6-24-9-10/h1-6,9,11H,7-8H2,(H,18,22). The quantitative estimate of drug-likeness (QED) is 0.788. The highest BCUT2D eigenvalue weighted by atomic mass is 32.1. The third kappa shape index (κ3) is 2.88. The first kappa shape index (κ1) is 14.8. The molecule has 1 aromatic carbocycles. The molecule has 0 spiro atoms. The van der Waals surface area contributed by atoms with E-state index in [1.165, 1.54) is 24.3 Å². The highest BCUT2D eigenvalue weighted by molar-refractivity contribution is 7.08. The van der Waals surface area contributed by atoms with E-state index >= 15 is 0 Å². The third-order valence-electron chi connectivity index (χ3n) is 3.83. The van der Waals surface area contributed by atoms with Crippen LogP contribution >= 0.6 is 11.3 Å². The number of hydrogen-bond donors (Lipinski definition) is 1. The molecule has 2 aromatic heterocycles. The number of carbonyl (C=O) groups excluding carboxylic acids is 1. The minimum absolute atomic E-state index is 0.0452. The van der Waals surface area contributed by atoms with Gasteiger partial charge in [0.2, 0.25) is 11.7 Å². The van der Waals surface area contributed by atoms with E-state index in [0.717, 1.165) is 5.56 Å². The Morgan fingerprint density at radius 3 is 2.79 bits per heavy atom. The normalized spacial score (nSPS) is 14.5. The molecule has 0 unspecified atom stereocenters. The average Bonchev–Trinajstić information content (AvgIpc) is 3.19. The van der Waals surface area contributed by atoms with Crippen molar-refractivity contribution >= 4 is 23.1 Å². The van der Waals surface area contributed by atoms with E-state index in [9.17, 15) is 9.18 Å². The van der Waals surface area contributed by atoms with Gasteiger partial charge in [-0.15, -0.1) is 0 Å². The minimum Gasteiger partial charge on any atom is -0.339 e. The van der Waals surface area contributed by atoms with Gasteiger partial charge >= 0.3 is 6.03 Å². The molecular weight excluding hydrogens is 331 g/mol. The van der Waals surface area contributed by atoms with Crippen LogP contribution in [0.5, 0.6) is 0 Å². The Hall–Kier alpha value is -2.74. The number of rotatable bonds is 3. The third-order valence-corrected chi connectivity index (χ3v) is 4.52. The number of hydrogen-bond acceptors (Lipinski definition) is 5. The van der Waals surface area contributed by atoms with E-state index in [-0.39, 0.29) is 17.8 Å². The summed E-state index contributed by atoms with van der Waals surface area (Å²) in [4.78, 5) is 18.1. The molecule has 0 aliphatic carbocycles. The van der Waals surface area contributed by atoms with Crippen LogP contribution in [0.3, 0.4) is 0 Å². The Labute approximate surface area is 140 Å². The van der Waals surface area contributed by atoms with E-state index in [4.69, 9.17) is 4.52 Å². The van der Waals surface area contributed by atoms with Crippen molar-refractivity contribution in [2.75, 3.05) is 18.4 Å². The summed E-state index contributed by atoms with van der Waals surface area (Å²) in [6.45, 7) is 1.02. The number of amides is 2. The SMILES string of the molecule is O=C(Nc1ccc(F)cc1)N1CC(c2nc(-c3ccsc3)no2)C1. The molecule has 2 amide bonds. The van der Waals surface area contributed by atoms with E-state index in [2.05, 4.69) is 15.5 Å². The number of urea groups is 1. The molecule has 0 saturated carbocycles. The highest BCUT2D eigenvalue weighted by Gasteiger charge is 2.35. The van der Waals surface area contributed by atoms with E-state index in [1.807, 2.05) is 16.8 Å². The monoisotopic (exact) mass is 344 g/mol. The predicted molar refractivity (Wildman–Crippen MR) is 87.3 cm³/mol. The molecule has 1 N–H and O–H groups in total. The molecule has 24 heavy (non-hydrogen) atoms. The van der Waals surface area contributed by atoms with Gasteiger partial charge in [-0.3, -0.25) is 0 Å². The summed E-state index contributed by atoms with van der Waals surface area (Å²) in [6.07, 6.45) is 0. The van der Waals surface area contributed by atoms with Crippen LogP contribution in [0.15, 0.2) is 45.6 Å². The molecule has 1 fully saturated rings. The van der Waals surface area contributed by atoms with Crippen LogP contribution in [0.2, 0.25) is 0 Å². The van der Waals surface area contributed by atoms with Gasteiger partial charge in [0.15, 0.2) is 0 Å². The lowest BCUT2D eigenvalue weighted by Gasteiger charge is -2.36. The zero-order valence-corrected chi connectivity index (χ0v) is 13.3. The van der Waals surface area contributed by atoms with Crippen molar-refractivity contribution in [3.63, 3.8) is 0 Å². The van der Waals surface area contributed by atoms with Gasteiger partial charge in [-0.2, -0.15) is 16.3 Å². The van der Waals surface area contributed by atoms with Crippen molar-refractivity contribution in [2.45, 2.75) is 5.92 Å². The Bertz CT molecular complexity index is 841. The van der Waals surface area contributed by atoms with Crippen molar-refractivity contribution in [3.05, 3.63) is 52.8 Å². The number of nitrogens with zero attached hydrogens (tertiary/aromatic N) is 3. The second-order valence-electron chi connectivity index (χ2n) is 5.51. The van der Waals surface area contributed by atoms with Crippen LogP contribution in [-0.2, 0) is 0 Å². The number of likely N-dealkylation sites (tertiary alicyclic amines) is 1. The summed E-state index contributed by atoms with van der Waals surface area (Å²) in [7, 11) is 0. The first-order valence-electron chi connectivity index (χ1n) is 7.37. The van der Waals surface area contributed by atoms with Crippen molar-refractivity contribution < 1.29 is 13.7 Å². The predicted octanol–water partition coefficient (Wildman–Crippen LogP) is 3.57. The largest absolute Gasteiger partial charge is 0.339 e. The number of benzene rings is 1. The summed E-state index contributed by atoms with van der Waals surface area (Å²) in [6, 6.07) is 7.36. The Morgan fingerprint density at radius 1 is 1.29 bits per heavy atom. The maximum Gasteiger partial charge on any atom is 0.321 e. The zero-order chi connectivity index (χ0) is 16.5. The maximum absolute atomic E-state index is 12.9. The number of halogens is 1. The molecule has 8 heteroatoms. The fourth-order valence-corrected chi connectivity index (χ4v) is 3.08. The molecule has 1 aliphatic heterocycles. The lowest BCUT2D eigenvalue weighted by Crippen LogP contribution is -2.50. The molecular formula is C16H13FN4O2S. The summed E-state index contributed by atoms with van der Waals surface area (Å²) in [5, 5.41) is 10.6. The molecule has 0 radical (unpaired) electrons. The van der Waals surface area contributed by atoms with Crippen LogP contribution in [-0.4, -0.2) is 34.2 Å². The van der Waals surface area contributed by atoms with Crippen LogP contribution in [0.25, 0.3) is 11.4 Å². The first-order chi connectivity index (χ1) is 11.7. The van der Waals surface area contributed by atoms with Gasteiger partial charge < -0.3 is 14.7 Å². The second kappa shape index (κ2) is 6.04. The van der Waals surface area contributed by atoms with Crippen LogP contribution in [0, 0.1) is 5.82 Å². The zero-order valence-electron chi connectivity index (χ0n) is 12.5. The van der Waals surface area contributed by atoms with Crippen molar-refractivity contribution in [2.24, 2.45) is 0 Å². The van der Waals surface area contributed by atoms with Crippen LogP contribution in [0.1, 0.15) is 11.8 Å². The summed E-state index contributed by atoms with van der Waals surface area (Å²) < 4.78 is 18.2. The molecule has 1 saturated heterocycles. The molecule has 1 aliphatic rings. The molecule has 3 heterocycles. The molecule has 3 aromatic rings. The summed E-state index contributed by atoms with van der Waals surface area (Å²) in [5.41, 5.74) is 1.49. The number of carbonyl (C=O) groups is 1. The summed E-state index contributed by atoms with van der Waals surface area (Å²) >= 11 is 1.57. The number of thiophene rings is 1. The molecule has 6 nitrogen and oxygen atoms in total. The second-order valence-corrected chi connectivity index (χ2v) is 6.29. The van der Waals surface area contributed by atoms with Gasteiger partial charge in [0.05, 0.1) is 5.92 Å². The smallest absolute Gasteiger partial charge is 0.321 e. The van der Waals surface area contributed by atoms with E-state index in [1.54, 1.807) is 16.2 Å². The van der Waals surface area contributed by atoms with Gasteiger partial charge in [-0.25, -0.2) is 9.18 Å². The Kier molecular flexibility index (Phi) is 3.73. The van der Waals surface area contributed by atoms with Gasteiger partial charge in [0.25, 0.3) is 0 Å². The fraction of sp³-hybridized carbons (Fsp3) is 0.188. The lowest BCUT2D eigenvalue weighted by molar-refractivity contribution is 0.147. The van der Waals surface area contributed by atoms with Crippen molar-refractivity contribution in [1.29, 1.82) is 0 Å².